The number of amides is 1. The molecular weight excluding hydrogens is 416 g/mol. The van der Waals surface area contributed by atoms with Crippen LogP contribution in [0.15, 0.2) is 87.9 Å². The van der Waals surface area contributed by atoms with Crippen LogP contribution < -0.4 is 4.72 Å². The lowest BCUT2D eigenvalue weighted by molar-refractivity contribution is 0.0995. The molecule has 0 aliphatic rings. The molecule has 3 aromatic carbocycles. The topological polar surface area (TPSA) is 124 Å². The van der Waals surface area contributed by atoms with Gasteiger partial charge in [0.05, 0.1) is 10.4 Å². The van der Waals surface area contributed by atoms with Crippen LogP contribution in [-0.4, -0.2) is 24.4 Å². The molecule has 0 aliphatic carbocycles. The summed E-state index contributed by atoms with van der Waals surface area (Å²) in [6, 6.07) is 19.5. The second kappa shape index (κ2) is 8.04. The number of sulfonamides is 1. The number of nitrogens with one attached hydrogen (secondary N) is 2. The van der Waals surface area contributed by atoms with Crippen LogP contribution in [0.2, 0.25) is 0 Å². The highest BCUT2D eigenvalue weighted by molar-refractivity contribution is 7.92. The number of azo groups is 1. The molecule has 9 heteroatoms. The Balaban J connectivity index is 1.56. The Morgan fingerprint density at radius 3 is 2.52 bits per heavy atom. The van der Waals surface area contributed by atoms with Gasteiger partial charge in [0.1, 0.15) is 0 Å². The van der Waals surface area contributed by atoms with Gasteiger partial charge in [-0.15, -0.1) is 10.2 Å². The van der Waals surface area contributed by atoms with Crippen LogP contribution in [-0.2, 0) is 10.0 Å². The minimum atomic E-state index is -3.80. The van der Waals surface area contributed by atoms with E-state index in [9.17, 15) is 18.3 Å². The van der Waals surface area contributed by atoms with E-state index in [0.29, 0.717) is 10.9 Å². The first-order valence-corrected chi connectivity index (χ1v) is 10.8. The lowest BCUT2D eigenvalue weighted by Crippen LogP contribution is -2.13. The molecule has 1 aromatic heterocycles. The standard InChI is InChI=1S/C22H18N4O4S/c1-14-9-11-17(12-10-14)31(29,30)26-16-6-4-5-15(13-16)21(27)25-24-20-18-7-2-3-8-19(18)23-22(20)28/h2-13,23,26,28H,1H3. The zero-order valence-electron chi connectivity index (χ0n) is 16.4. The number of fused-ring (bicyclic) bond motifs is 1. The lowest BCUT2D eigenvalue weighted by Gasteiger charge is -2.09. The van der Waals surface area contributed by atoms with Crippen molar-refractivity contribution in [2.75, 3.05) is 4.72 Å². The van der Waals surface area contributed by atoms with Crippen LogP contribution in [0.3, 0.4) is 0 Å². The molecule has 0 saturated heterocycles. The zero-order chi connectivity index (χ0) is 22.0. The Hall–Kier alpha value is -3.98. The molecule has 0 saturated carbocycles. The predicted molar refractivity (Wildman–Crippen MR) is 117 cm³/mol. The van der Waals surface area contributed by atoms with Gasteiger partial charge in [-0.2, -0.15) is 0 Å². The van der Waals surface area contributed by atoms with E-state index in [4.69, 9.17) is 0 Å². The van der Waals surface area contributed by atoms with Gasteiger partial charge in [0, 0.05) is 16.6 Å². The SMILES string of the molecule is Cc1ccc(S(=O)(=O)Nc2cccc(C(=O)N=Nc3c(O)[nH]c4ccccc34)c2)cc1. The summed E-state index contributed by atoms with van der Waals surface area (Å²) in [5.74, 6) is -0.876. The fraction of sp³-hybridized carbons (Fsp3) is 0.0455. The highest BCUT2D eigenvalue weighted by atomic mass is 32.2. The third-order valence-electron chi connectivity index (χ3n) is 4.59. The smallest absolute Gasteiger partial charge is 0.295 e. The van der Waals surface area contributed by atoms with Gasteiger partial charge >= 0.3 is 0 Å². The monoisotopic (exact) mass is 434 g/mol. The van der Waals surface area contributed by atoms with Crippen molar-refractivity contribution in [3.8, 4) is 5.88 Å². The minimum absolute atomic E-state index is 0.115. The molecule has 0 radical (unpaired) electrons. The van der Waals surface area contributed by atoms with E-state index < -0.39 is 15.9 Å². The molecule has 0 unspecified atom stereocenters. The third-order valence-corrected chi connectivity index (χ3v) is 5.99. The number of H-pyrrole nitrogens is 1. The number of carbonyl (C=O) groups excluding carboxylic acids is 1. The van der Waals surface area contributed by atoms with E-state index in [0.717, 1.165) is 5.56 Å². The highest BCUT2D eigenvalue weighted by Gasteiger charge is 2.15. The van der Waals surface area contributed by atoms with Crippen molar-refractivity contribution in [2.24, 2.45) is 10.2 Å². The average molecular weight is 434 g/mol. The highest BCUT2D eigenvalue weighted by Crippen LogP contribution is 2.35. The van der Waals surface area contributed by atoms with Crippen molar-refractivity contribution in [1.82, 2.24) is 4.98 Å². The first-order chi connectivity index (χ1) is 14.8. The maximum absolute atomic E-state index is 12.6. The molecule has 31 heavy (non-hydrogen) atoms. The van der Waals surface area contributed by atoms with Crippen LogP contribution in [0.1, 0.15) is 15.9 Å². The van der Waals surface area contributed by atoms with Gasteiger partial charge in [-0.05, 0) is 43.3 Å². The largest absolute Gasteiger partial charge is 0.493 e. The number of aromatic hydroxyl groups is 1. The van der Waals surface area contributed by atoms with E-state index in [1.807, 2.05) is 6.92 Å². The molecule has 0 atom stereocenters. The maximum Gasteiger partial charge on any atom is 0.295 e. The van der Waals surface area contributed by atoms with Crippen LogP contribution in [0.5, 0.6) is 5.88 Å². The van der Waals surface area contributed by atoms with Crippen molar-refractivity contribution >= 4 is 38.2 Å². The molecule has 1 heterocycles. The van der Waals surface area contributed by atoms with Gasteiger partial charge < -0.3 is 10.1 Å². The van der Waals surface area contributed by atoms with E-state index in [1.54, 1.807) is 42.5 Å². The summed E-state index contributed by atoms with van der Waals surface area (Å²) < 4.78 is 27.6. The Bertz CT molecular complexity index is 1410. The van der Waals surface area contributed by atoms with Gasteiger partial charge in [-0.25, -0.2) is 8.42 Å². The fourth-order valence-corrected chi connectivity index (χ4v) is 4.06. The number of hydrogen-bond acceptors (Lipinski definition) is 5. The number of carbonyl (C=O) groups is 1. The number of aromatic nitrogens is 1. The summed E-state index contributed by atoms with van der Waals surface area (Å²) in [5, 5.41) is 18.2. The molecule has 4 rings (SSSR count). The van der Waals surface area contributed by atoms with Crippen molar-refractivity contribution in [3.63, 3.8) is 0 Å². The average Bonchev–Trinajstić information content (AvgIpc) is 3.07. The van der Waals surface area contributed by atoms with Crippen molar-refractivity contribution < 1.29 is 18.3 Å². The zero-order valence-corrected chi connectivity index (χ0v) is 17.2. The van der Waals surface area contributed by atoms with Gasteiger partial charge in [0.25, 0.3) is 15.9 Å². The molecule has 156 valence electrons. The summed E-state index contributed by atoms with van der Waals surface area (Å²) in [6.07, 6.45) is 0. The van der Waals surface area contributed by atoms with Gasteiger partial charge in [-0.1, -0.05) is 42.0 Å². The number of hydrogen-bond donors (Lipinski definition) is 3. The van der Waals surface area contributed by atoms with Gasteiger partial charge in [0.15, 0.2) is 5.69 Å². The van der Waals surface area contributed by atoms with E-state index in [-0.39, 0.29) is 27.7 Å². The molecule has 8 nitrogen and oxygen atoms in total. The molecule has 0 bridgehead atoms. The first-order valence-electron chi connectivity index (χ1n) is 9.29. The van der Waals surface area contributed by atoms with Crippen LogP contribution in [0.4, 0.5) is 11.4 Å². The van der Waals surface area contributed by atoms with Gasteiger partial charge in [-0.3, -0.25) is 9.52 Å². The predicted octanol–water partition coefficient (Wildman–Crippen LogP) is 4.91. The van der Waals surface area contributed by atoms with Crippen molar-refractivity contribution in [1.29, 1.82) is 0 Å². The number of nitrogens with zero attached hydrogens (tertiary/aromatic N) is 2. The Kier molecular flexibility index (Phi) is 5.26. The van der Waals surface area contributed by atoms with E-state index in [2.05, 4.69) is 19.9 Å². The van der Waals surface area contributed by atoms with Gasteiger partial charge in [0.2, 0.25) is 5.88 Å². The molecule has 3 N–H and O–H groups in total. The minimum Gasteiger partial charge on any atom is -0.493 e. The second-order valence-electron chi connectivity index (χ2n) is 6.87. The van der Waals surface area contributed by atoms with E-state index in [1.165, 1.54) is 30.3 Å². The quantitative estimate of drug-likeness (QED) is 0.386. The summed E-state index contributed by atoms with van der Waals surface area (Å²) >= 11 is 0. The summed E-state index contributed by atoms with van der Waals surface area (Å²) in [6.45, 7) is 1.86. The molecular formula is C22H18N4O4S. The molecule has 0 spiro atoms. The third kappa shape index (κ3) is 4.31. The number of benzene rings is 3. The van der Waals surface area contributed by atoms with Crippen LogP contribution in [0.25, 0.3) is 10.9 Å². The van der Waals surface area contributed by atoms with Crippen molar-refractivity contribution in [3.05, 3.63) is 83.9 Å². The summed E-state index contributed by atoms with van der Waals surface area (Å²) in [4.78, 5) is 15.4. The maximum atomic E-state index is 12.6. The molecule has 4 aromatic rings. The number of aryl methyl sites for hydroxylation is 1. The van der Waals surface area contributed by atoms with Crippen LogP contribution in [0, 0.1) is 6.92 Å². The lowest BCUT2D eigenvalue weighted by atomic mass is 10.2. The fourth-order valence-electron chi connectivity index (χ4n) is 3.01. The molecule has 0 aliphatic heterocycles. The summed E-state index contributed by atoms with van der Waals surface area (Å²) in [5.41, 5.74) is 2.12. The number of para-hydroxylation sites is 1. The Morgan fingerprint density at radius 1 is 1.00 bits per heavy atom. The number of aromatic amines is 1. The first kappa shape index (κ1) is 20.3. The van der Waals surface area contributed by atoms with Crippen molar-refractivity contribution in [2.45, 2.75) is 11.8 Å². The van der Waals surface area contributed by atoms with E-state index >= 15 is 0 Å². The normalized spacial score (nSPS) is 11.8. The molecule has 0 fully saturated rings. The summed E-state index contributed by atoms with van der Waals surface area (Å²) in [7, 11) is -3.80. The molecule has 1 amide bonds. The Morgan fingerprint density at radius 2 is 1.74 bits per heavy atom. The Labute approximate surface area is 178 Å². The number of anilines is 1. The number of rotatable bonds is 5. The van der Waals surface area contributed by atoms with Crippen LogP contribution >= 0.6 is 0 Å². The second-order valence-corrected chi connectivity index (χ2v) is 8.55.